The Morgan fingerprint density at radius 2 is 2.06 bits per heavy atom. The van der Waals surface area contributed by atoms with Gasteiger partial charge in [0.1, 0.15) is 5.82 Å². The van der Waals surface area contributed by atoms with Crippen LogP contribution in [0.3, 0.4) is 0 Å². The number of fused-ring (bicyclic) bond motifs is 3. The molecule has 2 aromatic rings. The van der Waals surface area contributed by atoms with E-state index in [0.717, 1.165) is 23.8 Å². The highest BCUT2D eigenvalue weighted by atomic mass is 15.4. The van der Waals surface area contributed by atoms with Crippen LogP contribution >= 0.6 is 0 Å². The van der Waals surface area contributed by atoms with Crippen LogP contribution in [0.15, 0.2) is 0 Å². The van der Waals surface area contributed by atoms with Gasteiger partial charge in [-0.3, -0.25) is 0 Å². The Morgan fingerprint density at radius 3 is 2.82 bits per heavy atom. The van der Waals surface area contributed by atoms with Gasteiger partial charge in [-0.05, 0) is 32.1 Å². The summed E-state index contributed by atoms with van der Waals surface area (Å²) in [6.07, 6.45) is 3.95. The molecule has 0 saturated heterocycles. The van der Waals surface area contributed by atoms with E-state index >= 15 is 0 Å². The van der Waals surface area contributed by atoms with E-state index in [1.807, 2.05) is 11.7 Å². The van der Waals surface area contributed by atoms with Crippen LogP contribution in [-0.2, 0) is 7.05 Å². The van der Waals surface area contributed by atoms with E-state index in [2.05, 4.69) is 22.0 Å². The van der Waals surface area contributed by atoms with Gasteiger partial charge in [-0.15, -0.1) is 0 Å². The van der Waals surface area contributed by atoms with Crippen LogP contribution < -0.4 is 5.32 Å². The fraction of sp³-hybridized carbons (Fsp3) is 0.667. The molecule has 1 unspecified atom stereocenters. The topological polar surface area (TPSA) is 47.7 Å². The molecule has 4 rings (SSSR count). The van der Waals surface area contributed by atoms with E-state index in [1.54, 1.807) is 0 Å². The Hall–Kier alpha value is -1.52. The molecule has 1 atom stereocenters. The van der Waals surface area contributed by atoms with Crippen molar-refractivity contribution in [2.45, 2.75) is 32.2 Å². The summed E-state index contributed by atoms with van der Waals surface area (Å²) in [7, 11) is 1.97. The van der Waals surface area contributed by atoms with Gasteiger partial charge in [-0.2, -0.15) is 10.2 Å². The molecule has 0 bridgehead atoms. The van der Waals surface area contributed by atoms with Crippen molar-refractivity contribution in [2.75, 3.05) is 11.9 Å². The van der Waals surface area contributed by atoms with E-state index in [1.165, 1.54) is 30.5 Å². The fourth-order valence-electron chi connectivity index (χ4n) is 3.09. The Morgan fingerprint density at radius 1 is 1.24 bits per heavy atom. The third-order valence-electron chi connectivity index (χ3n) is 4.07. The first-order valence-corrected chi connectivity index (χ1v) is 6.41. The van der Waals surface area contributed by atoms with Crippen molar-refractivity contribution < 1.29 is 0 Å². The van der Waals surface area contributed by atoms with Crippen molar-refractivity contribution in [2.24, 2.45) is 13.0 Å². The third kappa shape index (κ3) is 1.19. The SMILES string of the molecule is Cc1nn(C)c2nn3c(c12)NCCC3C1CC1. The van der Waals surface area contributed by atoms with Crippen LogP contribution in [0.2, 0.25) is 0 Å². The molecule has 0 spiro atoms. The molecular weight excluding hydrogens is 214 g/mol. The molecule has 17 heavy (non-hydrogen) atoms. The Kier molecular flexibility index (Phi) is 1.69. The summed E-state index contributed by atoms with van der Waals surface area (Å²) < 4.78 is 4.11. The van der Waals surface area contributed by atoms with Gasteiger partial charge >= 0.3 is 0 Å². The molecule has 1 aliphatic carbocycles. The lowest BCUT2D eigenvalue weighted by molar-refractivity contribution is 0.376. The molecule has 90 valence electrons. The number of aryl methyl sites for hydroxylation is 2. The highest BCUT2D eigenvalue weighted by Gasteiger charge is 2.37. The van der Waals surface area contributed by atoms with Crippen molar-refractivity contribution in [3.05, 3.63) is 5.69 Å². The number of hydrogen-bond acceptors (Lipinski definition) is 3. The lowest BCUT2D eigenvalue weighted by Crippen LogP contribution is -2.25. The van der Waals surface area contributed by atoms with Crippen molar-refractivity contribution in [3.8, 4) is 0 Å². The average molecular weight is 231 g/mol. The zero-order valence-corrected chi connectivity index (χ0v) is 10.3. The molecule has 2 aromatic heterocycles. The molecule has 1 fully saturated rings. The van der Waals surface area contributed by atoms with E-state index in [-0.39, 0.29) is 0 Å². The molecule has 1 saturated carbocycles. The minimum Gasteiger partial charge on any atom is -0.370 e. The molecule has 1 N–H and O–H groups in total. The van der Waals surface area contributed by atoms with E-state index < -0.39 is 0 Å². The number of rotatable bonds is 1. The van der Waals surface area contributed by atoms with Gasteiger partial charge in [0.2, 0.25) is 0 Å². The number of aromatic nitrogens is 4. The summed E-state index contributed by atoms with van der Waals surface area (Å²) in [5.41, 5.74) is 2.09. The summed E-state index contributed by atoms with van der Waals surface area (Å²) in [5.74, 6) is 2.05. The summed E-state index contributed by atoms with van der Waals surface area (Å²) in [4.78, 5) is 0. The Bertz CT molecular complexity index is 590. The molecule has 0 radical (unpaired) electrons. The molecular formula is C12H17N5. The highest BCUT2D eigenvalue weighted by molar-refractivity contribution is 5.90. The van der Waals surface area contributed by atoms with Crippen LogP contribution in [0.25, 0.3) is 11.0 Å². The van der Waals surface area contributed by atoms with Crippen LogP contribution in [0, 0.1) is 12.8 Å². The molecule has 0 aromatic carbocycles. The second-order valence-corrected chi connectivity index (χ2v) is 5.32. The summed E-state index contributed by atoms with van der Waals surface area (Å²) in [5, 5.41) is 13.9. The van der Waals surface area contributed by atoms with E-state index in [9.17, 15) is 0 Å². The normalized spacial score (nSPS) is 23.8. The third-order valence-corrected chi connectivity index (χ3v) is 4.07. The van der Waals surface area contributed by atoms with Crippen LogP contribution in [0.1, 0.15) is 31.0 Å². The second kappa shape index (κ2) is 3.03. The van der Waals surface area contributed by atoms with Crippen LogP contribution in [0.5, 0.6) is 0 Å². The van der Waals surface area contributed by atoms with E-state index in [4.69, 9.17) is 5.10 Å². The first-order chi connectivity index (χ1) is 8.25. The minimum atomic E-state index is 0.609. The number of hydrogen-bond donors (Lipinski definition) is 1. The predicted octanol–water partition coefficient (Wildman–Crippen LogP) is 1.84. The lowest BCUT2D eigenvalue weighted by atomic mass is 10.1. The standard InChI is InChI=1S/C12H17N5/c1-7-10-11-13-6-5-9(8-3-4-8)17(11)15-12(10)16(2)14-7/h8-9,13H,3-6H2,1-2H3. The smallest absolute Gasteiger partial charge is 0.182 e. The number of anilines is 1. The van der Waals surface area contributed by atoms with Gasteiger partial charge in [0.25, 0.3) is 0 Å². The number of nitrogens with one attached hydrogen (secondary N) is 1. The summed E-state index contributed by atoms with van der Waals surface area (Å²) in [6, 6.07) is 0.609. The van der Waals surface area contributed by atoms with Crippen LogP contribution in [-0.4, -0.2) is 26.1 Å². The second-order valence-electron chi connectivity index (χ2n) is 5.32. The molecule has 0 amide bonds. The average Bonchev–Trinajstić information content (AvgIpc) is 3.01. The van der Waals surface area contributed by atoms with E-state index in [0.29, 0.717) is 6.04 Å². The monoisotopic (exact) mass is 231 g/mol. The lowest BCUT2D eigenvalue weighted by Gasteiger charge is -2.25. The highest BCUT2D eigenvalue weighted by Crippen LogP contribution is 2.45. The van der Waals surface area contributed by atoms with Crippen molar-refractivity contribution in [1.82, 2.24) is 19.6 Å². The quantitative estimate of drug-likeness (QED) is 0.814. The van der Waals surface area contributed by atoms with Crippen molar-refractivity contribution in [1.29, 1.82) is 0 Å². The minimum absolute atomic E-state index is 0.609. The van der Waals surface area contributed by atoms with Gasteiger partial charge in [0, 0.05) is 13.6 Å². The largest absolute Gasteiger partial charge is 0.370 e. The van der Waals surface area contributed by atoms with Gasteiger partial charge in [0.05, 0.1) is 17.1 Å². The van der Waals surface area contributed by atoms with Gasteiger partial charge in [-0.25, -0.2) is 9.36 Å². The van der Waals surface area contributed by atoms with Crippen molar-refractivity contribution in [3.63, 3.8) is 0 Å². The summed E-state index contributed by atoms with van der Waals surface area (Å²) in [6.45, 7) is 3.13. The maximum Gasteiger partial charge on any atom is 0.182 e. The zero-order chi connectivity index (χ0) is 11.6. The first-order valence-electron chi connectivity index (χ1n) is 6.41. The predicted molar refractivity (Wildman–Crippen MR) is 66.1 cm³/mol. The zero-order valence-electron chi connectivity index (χ0n) is 10.3. The summed E-state index contributed by atoms with van der Waals surface area (Å²) >= 11 is 0. The molecule has 5 heteroatoms. The molecule has 1 aliphatic heterocycles. The maximum absolute atomic E-state index is 4.77. The van der Waals surface area contributed by atoms with Gasteiger partial charge in [0.15, 0.2) is 5.65 Å². The van der Waals surface area contributed by atoms with Crippen LogP contribution in [0.4, 0.5) is 5.82 Å². The Labute approximate surface area is 99.8 Å². The van der Waals surface area contributed by atoms with Gasteiger partial charge in [-0.1, -0.05) is 0 Å². The van der Waals surface area contributed by atoms with Crippen molar-refractivity contribution >= 4 is 16.9 Å². The maximum atomic E-state index is 4.77. The molecule has 5 nitrogen and oxygen atoms in total. The first kappa shape index (κ1) is 9.50. The molecule has 3 heterocycles. The fourth-order valence-corrected chi connectivity index (χ4v) is 3.09. The Balaban J connectivity index is 1.96. The molecule has 2 aliphatic rings. The van der Waals surface area contributed by atoms with Gasteiger partial charge < -0.3 is 5.32 Å². The number of nitrogens with zero attached hydrogens (tertiary/aromatic N) is 4.